The number of aryl methyl sites for hydroxylation is 1. The molecule has 2 aromatic rings. The summed E-state index contributed by atoms with van der Waals surface area (Å²) in [5.41, 5.74) is 1.50. The van der Waals surface area contributed by atoms with E-state index in [1.165, 1.54) is 25.3 Å². The van der Waals surface area contributed by atoms with Crippen molar-refractivity contribution < 1.29 is 13.5 Å². The van der Waals surface area contributed by atoms with Gasteiger partial charge in [-0.2, -0.15) is 0 Å². The van der Waals surface area contributed by atoms with E-state index in [1.54, 1.807) is 19.1 Å². The van der Waals surface area contributed by atoms with Crippen molar-refractivity contribution in [1.82, 2.24) is 0 Å². The number of hydrogen-bond acceptors (Lipinski definition) is 1. The Morgan fingerprint density at radius 1 is 1.10 bits per heavy atom. The van der Waals surface area contributed by atoms with Crippen molar-refractivity contribution in [3.05, 3.63) is 63.7 Å². The van der Waals surface area contributed by atoms with Crippen molar-refractivity contribution in [3.63, 3.8) is 0 Å². The third-order valence-electron chi connectivity index (χ3n) is 3.02. The van der Waals surface area contributed by atoms with E-state index in [-0.39, 0.29) is 10.8 Å². The molecule has 2 rings (SSSR count). The van der Waals surface area contributed by atoms with Gasteiger partial charge >= 0.3 is 0 Å². The fourth-order valence-corrected chi connectivity index (χ4v) is 2.53. The van der Waals surface area contributed by atoms with Crippen LogP contribution in [-0.2, 0) is 0 Å². The zero-order valence-corrected chi connectivity index (χ0v) is 12.4. The second-order valence-corrected chi connectivity index (χ2v) is 5.22. The molecular formula is C15H12Cl2F2O. The Hall–Kier alpha value is -1.32. The molecule has 1 nitrogen and oxygen atoms in total. The Bertz CT molecular complexity index is 644. The standard InChI is InChI=1S/C15H12Cl2F2O/c1-8-5-10(11(16)7-12(8)18)15(17)9-3-4-14(20-2)13(19)6-9/h3-7,15H,1-2H3. The molecule has 2 aromatic carbocycles. The van der Waals surface area contributed by atoms with Crippen LogP contribution in [0.5, 0.6) is 5.75 Å². The van der Waals surface area contributed by atoms with E-state index in [2.05, 4.69) is 0 Å². The quantitative estimate of drug-likeness (QED) is 0.701. The highest BCUT2D eigenvalue weighted by atomic mass is 35.5. The highest BCUT2D eigenvalue weighted by Crippen LogP contribution is 2.36. The van der Waals surface area contributed by atoms with E-state index in [1.807, 2.05) is 0 Å². The Morgan fingerprint density at radius 2 is 1.80 bits per heavy atom. The molecule has 0 amide bonds. The van der Waals surface area contributed by atoms with Gasteiger partial charge in [-0.15, -0.1) is 11.6 Å². The van der Waals surface area contributed by atoms with Crippen molar-refractivity contribution in [2.24, 2.45) is 0 Å². The number of alkyl halides is 1. The van der Waals surface area contributed by atoms with Crippen LogP contribution in [0.2, 0.25) is 5.02 Å². The van der Waals surface area contributed by atoms with Gasteiger partial charge in [0.05, 0.1) is 12.5 Å². The van der Waals surface area contributed by atoms with E-state index in [0.717, 1.165) is 0 Å². The number of benzene rings is 2. The van der Waals surface area contributed by atoms with Crippen LogP contribution in [0.3, 0.4) is 0 Å². The summed E-state index contributed by atoms with van der Waals surface area (Å²) in [4.78, 5) is 0. The minimum Gasteiger partial charge on any atom is -0.494 e. The normalized spacial score (nSPS) is 12.3. The molecule has 0 aliphatic rings. The average molecular weight is 317 g/mol. The van der Waals surface area contributed by atoms with Crippen molar-refractivity contribution in [2.45, 2.75) is 12.3 Å². The molecule has 0 saturated carbocycles. The SMILES string of the molecule is COc1ccc(C(Cl)c2cc(C)c(F)cc2Cl)cc1F. The lowest BCUT2D eigenvalue weighted by Gasteiger charge is -2.14. The first-order chi connectivity index (χ1) is 9.43. The van der Waals surface area contributed by atoms with Crippen molar-refractivity contribution in [2.75, 3.05) is 7.11 Å². The minimum atomic E-state index is -0.665. The van der Waals surface area contributed by atoms with E-state index >= 15 is 0 Å². The van der Waals surface area contributed by atoms with Gasteiger partial charge in [0.1, 0.15) is 5.82 Å². The number of halogens is 4. The Labute approximate surface area is 126 Å². The summed E-state index contributed by atoms with van der Waals surface area (Å²) in [7, 11) is 1.39. The summed E-state index contributed by atoms with van der Waals surface area (Å²) in [6, 6.07) is 7.20. The molecular weight excluding hydrogens is 305 g/mol. The van der Waals surface area contributed by atoms with Crippen LogP contribution in [0, 0.1) is 18.6 Å². The molecule has 1 atom stereocenters. The van der Waals surface area contributed by atoms with E-state index < -0.39 is 17.0 Å². The van der Waals surface area contributed by atoms with Crippen molar-refractivity contribution in [3.8, 4) is 5.75 Å². The van der Waals surface area contributed by atoms with E-state index in [4.69, 9.17) is 27.9 Å². The molecule has 0 saturated heterocycles. The lowest BCUT2D eigenvalue weighted by Crippen LogP contribution is -1.98. The van der Waals surface area contributed by atoms with Crippen LogP contribution in [0.15, 0.2) is 30.3 Å². The highest BCUT2D eigenvalue weighted by Gasteiger charge is 2.18. The van der Waals surface area contributed by atoms with Gasteiger partial charge in [0.2, 0.25) is 0 Å². The molecule has 0 aromatic heterocycles. The molecule has 0 aliphatic carbocycles. The van der Waals surface area contributed by atoms with Crippen LogP contribution in [-0.4, -0.2) is 7.11 Å². The third kappa shape index (κ3) is 2.89. The van der Waals surface area contributed by atoms with Crippen LogP contribution >= 0.6 is 23.2 Å². The first kappa shape index (κ1) is 15.1. The van der Waals surface area contributed by atoms with Gasteiger partial charge in [-0.05, 0) is 47.9 Å². The molecule has 0 heterocycles. The largest absolute Gasteiger partial charge is 0.494 e. The molecule has 5 heteroatoms. The molecule has 0 spiro atoms. The molecule has 106 valence electrons. The predicted molar refractivity (Wildman–Crippen MR) is 76.8 cm³/mol. The summed E-state index contributed by atoms with van der Waals surface area (Å²) in [6.07, 6.45) is 0. The number of hydrogen-bond donors (Lipinski definition) is 0. The van der Waals surface area contributed by atoms with Crippen molar-refractivity contribution >= 4 is 23.2 Å². The molecule has 0 bridgehead atoms. The molecule has 0 N–H and O–H groups in total. The molecule has 0 fully saturated rings. The number of ether oxygens (including phenoxy) is 1. The Kier molecular flexibility index (Phi) is 4.51. The average Bonchev–Trinajstić information content (AvgIpc) is 2.42. The maximum Gasteiger partial charge on any atom is 0.165 e. The van der Waals surface area contributed by atoms with Gasteiger partial charge in [0.25, 0.3) is 0 Å². The summed E-state index contributed by atoms with van der Waals surface area (Å²) in [6.45, 7) is 1.62. The zero-order valence-electron chi connectivity index (χ0n) is 10.9. The minimum absolute atomic E-state index is 0.138. The second kappa shape index (κ2) is 5.98. The van der Waals surface area contributed by atoms with Crippen molar-refractivity contribution in [1.29, 1.82) is 0 Å². The first-order valence-corrected chi connectivity index (χ1v) is 6.68. The fourth-order valence-electron chi connectivity index (χ4n) is 1.89. The molecule has 0 radical (unpaired) electrons. The fraction of sp³-hybridized carbons (Fsp3) is 0.200. The topological polar surface area (TPSA) is 9.23 Å². The summed E-state index contributed by atoms with van der Waals surface area (Å²) < 4.78 is 31.9. The van der Waals surface area contributed by atoms with Gasteiger partial charge in [-0.3, -0.25) is 0 Å². The van der Waals surface area contributed by atoms with Gasteiger partial charge < -0.3 is 4.74 Å². The van der Waals surface area contributed by atoms with Crippen LogP contribution < -0.4 is 4.74 Å². The maximum atomic E-state index is 13.7. The summed E-state index contributed by atoms with van der Waals surface area (Å²) >= 11 is 12.3. The molecule has 20 heavy (non-hydrogen) atoms. The predicted octanol–water partition coefficient (Wildman–Crippen LogP) is 5.26. The molecule has 0 aliphatic heterocycles. The lowest BCUT2D eigenvalue weighted by atomic mass is 10.0. The molecule has 1 unspecified atom stereocenters. The Morgan fingerprint density at radius 3 is 2.40 bits per heavy atom. The number of methoxy groups -OCH3 is 1. The smallest absolute Gasteiger partial charge is 0.165 e. The van der Waals surface area contributed by atoms with Gasteiger partial charge in [0.15, 0.2) is 11.6 Å². The summed E-state index contributed by atoms with van der Waals surface area (Å²) in [5.74, 6) is -0.770. The Balaban J connectivity index is 2.43. The van der Waals surface area contributed by atoms with Gasteiger partial charge in [-0.1, -0.05) is 17.7 Å². The van der Waals surface area contributed by atoms with Crippen LogP contribution in [0.1, 0.15) is 22.1 Å². The zero-order chi connectivity index (χ0) is 14.9. The first-order valence-electron chi connectivity index (χ1n) is 5.87. The lowest BCUT2D eigenvalue weighted by molar-refractivity contribution is 0.386. The van der Waals surface area contributed by atoms with E-state index in [9.17, 15) is 8.78 Å². The highest BCUT2D eigenvalue weighted by molar-refractivity contribution is 6.33. The van der Waals surface area contributed by atoms with Gasteiger partial charge in [-0.25, -0.2) is 8.78 Å². The van der Waals surface area contributed by atoms with E-state index in [0.29, 0.717) is 16.7 Å². The second-order valence-electron chi connectivity index (χ2n) is 4.38. The third-order valence-corrected chi connectivity index (χ3v) is 3.83. The van der Waals surface area contributed by atoms with Gasteiger partial charge in [0, 0.05) is 5.02 Å². The van der Waals surface area contributed by atoms with Crippen LogP contribution in [0.25, 0.3) is 0 Å². The maximum absolute atomic E-state index is 13.7. The number of rotatable bonds is 3. The monoisotopic (exact) mass is 316 g/mol. The van der Waals surface area contributed by atoms with Crippen LogP contribution in [0.4, 0.5) is 8.78 Å². The summed E-state index contributed by atoms with van der Waals surface area (Å²) in [5, 5.41) is -0.452.